The molecule has 3 saturated heterocycles. The van der Waals surface area contributed by atoms with Gasteiger partial charge in [-0.05, 0) is 32.4 Å². The number of aliphatic carboxylic acids is 1. The fourth-order valence-electron chi connectivity index (χ4n) is 4.84. The van der Waals surface area contributed by atoms with E-state index in [1.165, 1.54) is 11.3 Å². The molecule has 0 bridgehead atoms. The average Bonchev–Trinajstić information content (AvgIpc) is 3.11. The lowest BCUT2D eigenvalue weighted by molar-refractivity contribution is -0.163. The molecule has 4 rings (SSSR count). The van der Waals surface area contributed by atoms with Crippen LogP contribution in [0.25, 0.3) is 0 Å². The molecule has 144 valence electrons. The Morgan fingerprint density at radius 1 is 1.42 bits per heavy atom. The van der Waals surface area contributed by atoms with Crippen LogP contribution in [0.1, 0.15) is 20.3 Å². The number of carboxylic acids is 1. The fourth-order valence-corrected chi connectivity index (χ4v) is 6.42. The highest BCUT2D eigenvalue weighted by atomic mass is 32.2. The second-order valence-electron chi connectivity index (χ2n) is 8.09. The van der Waals surface area contributed by atoms with E-state index in [1.54, 1.807) is 18.7 Å². The molecule has 8 heteroatoms. The molecular weight excluding hydrogens is 354 g/mol. The molecule has 3 N–H and O–H groups in total. The summed E-state index contributed by atoms with van der Waals surface area (Å²) in [4.78, 5) is 28.8. The second-order valence-corrected chi connectivity index (χ2v) is 9.43. The van der Waals surface area contributed by atoms with Crippen LogP contribution in [-0.2, 0) is 9.59 Å². The van der Waals surface area contributed by atoms with Crippen LogP contribution in [0.5, 0.6) is 0 Å². The zero-order valence-electron chi connectivity index (χ0n) is 15.2. The minimum absolute atomic E-state index is 0.0310. The van der Waals surface area contributed by atoms with Gasteiger partial charge in [-0.3, -0.25) is 4.79 Å². The maximum atomic E-state index is 12.4. The number of carbonyl (C=O) groups excluding carboxylic acids is 1. The summed E-state index contributed by atoms with van der Waals surface area (Å²) >= 11 is 1.63. The maximum Gasteiger partial charge on any atom is 0.353 e. The minimum Gasteiger partial charge on any atom is -0.477 e. The molecule has 0 aromatic heterocycles. The zero-order valence-corrected chi connectivity index (χ0v) is 16.0. The van der Waals surface area contributed by atoms with Crippen LogP contribution in [0, 0.1) is 17.8 Å². The van der Waals surface area contributed by atoms with Crippen molar-refractivity contribution in [2.24, 2.45) is 17.8 Å². The molecule has 0 saturated carbocycles. The summed E-state index contributed by atoms with van der Waals surface area (Å²) in [5.41, 5.74) is 0.146. The molecule has 3 fully saturated rings. The van der Waals surface area contributed by atoms with Gasteiger partial charge in [0.25, 0.3) is 0 Å². The SMILES string of the molecule is CC(O)[C@H]1C(=O)N2C(C(=O)O)=C(SC3CN(C[C@@H]4CCNC4)C3)[C@H](C)[C@H]12. The van der Waals surface area contributed by atoms with Gasteiger partial charge in [-0.2, -0.15) is 0 Å². The number of hydrogen-bond acceptors (Lipinski definition) is 6. The number of aliphatic hydroxyl groups is 1. The lowest BCUT2D eigenvalue weighted by Crippen LogP contribution is -2.63. The Morgan fingerprint density at radius 2 is 2.15 bits per heavy atom. The van der Waals surface area contributed by atoms with Crippen LogP contribution < -0.4 is 5.32 Å². The summed E-state index contributed by atoms with van der Waals surface area (Å²) in [5, 5.41) is 23.3. The van der Waals surface area contributed by atoms with Crippen molar-refractivity contribution >= 4 is 23.6 Å². The van der Waals surface area contributed by atoms with E-state index in [-0.39, 0.29) is 23.6 Å². The highest BCUT2D eigenvalue weighted by Crippen LogP contribution is 2.51. The summed E-state index contributed by atoms with van der Waals surface area (Å²) in [7, 11) is 0. The third-order valence-corrected chi connectivity index (χ3v) is 7.66. The van der Waals surface area contributed by atoms with Gasteiger partial charge in [-0.15, -0.1) is 11.8 Å². The monoisotopic (exact) mass is 381 g/mol. The number of likely N-dealkylation sites (tertiary alicyclic amines) is 1. The Kier molecular flexibility index (Phi) is 4.79. The van der Waals surface area contributed by atoms with Crippen molar-refractivity contribution in [2.75, 3.05) is 32.7 Å². The average molecular weight is 381 g/mol. The summed E-state index contributed by atoms with van der Waals surface area (Å²) in [5.74, 6) is -1.07. The van der Waals surface area contributed by atoms with Gasteiger partial charge >= 0.3 is 5.97 Å². The van der Waals surface area contributed by atoms with Gasteiger partial charge in [0.15, 0.2) is 0 Å². The molecule has 0 aromatic carbocycles. The maximum absolute atomic E-state index is 12.4. The number of amides is 1. The number of hydrogen-bond donors (Lipinski definition) is 3. The lowest BCUT2D eigenvalue weighted by atomic mass is 9.79. The molecule has 0 spiro atoms. The Bertz CT molecular complexity index is 640. The van der Waals surface area contributed by atoms with Crippen LogP contribution >= 0.6 is 11.8 Å². The number of β-lactam (4-membered cyclic amide) rings is 1. The summed E-state index contributed by atoms with van der Waals surface area (Å²) < 4.78 is 0. The van der Waals surface area contributed by atoms with E-state index in [0.29, 0.717) is 5.25 Å². The highest BCUT2D eigenvalue weighted by molar-refractivity contribution is 8.03. The van der Waals surface area contributed by atoms with Crippen molar-refractivity contribution in [3.8, 4) is 0 Å². The third kappa shape index (κ3) is 2.87. The molecule has 7 nitrogen and oxygen atoms in total. The second kappa shape index (κ2) is 6.82. The predicted octanol–water partition coefficient (Wildman–Crippen LogP) is 0.167. The topological polar surface area (TPSA) is 93.1 Å². The number of carboxylic acid groups (broad SMARTS) is 1. The molecule has 1 amide bonds. The van der Waals surface area contributed by atoms with Crippen LogP contribution in [0.2, 0.25) is 0 Å². The zero-order chi connectivity index (χ0) is 18.6. The van der Waals surface area contributed by atoms with Gasteiger partial charge in [-0.25, -0.2) is 4.79 Å². The van der Waals surface area contributed by atoms with Gasteiger partial charge in [0.2, 0.25) is 5.91 Å². The predicted molar refractivity (Wildman–Crippen MR) is 98.4 cm³/mol. The fraction of sp³-hybridized carbons (Fsp3) is 0.778. The number of nitrogens with zero attached hydrogens (tertiary/aromatic N) is 2. The van der Waals surface area contributed by atoms with Gasteiger partial charge in [0.05, 0.1) is 18.1 Å². The lowest BCUT2D eigenvalue weighted by Gasteiger charge is -2.46. The highest BCUT2D eigenvalue weighted by Gasteiger charge is 2.60. The van der Waals surface area contributed by atoms with E-state index in [1.807, 2.05) is 6.92 Å². The molecule has 4 heterocycles. The molecule has 4 aliphatic rings. The van der Waals surface area contributed by atoms with Gasteiger partial charge in [0.1, 0.15) is 5.70 Å². The number of carbonyl (C=O) groups is 2. The number of aliphatic hydroxyl groups excluding tert-OH is 1. The van der Waals surface area contributed by atoms with Crippen molar-refractivity contribution in [3.05, 3.63) is 10.6 Å². The number of rotatable bonds is 6. The Balaban J connectivity index is 1.41. The largest absolute Gasteiger partial charge is 0.477 e. The summed E-state index contributed by atoms with van der Waals surface area (Å²) in [6.07, 6.45) is 0.490. The van der Waals surface area contributed by atoms with Crippen molar-refractivity contribution in [2.45, 2.75) is 37.7 Å². The van der Waals surface area contributed by atoms with E-state index >= 15 is 0 Å². The van der Waals surface area contributed by atoms with Gasteiger partial charge in [0, 0.05) is 35.7 Å². The normalized spacial score (nSPS) is 36.1. The Morgan fingerprint density at radius 3 is 2.73 bits per heavy atom. The molecule has 5 atom stereocenters. The minimum atomic E-state index is -1.03. The van der Waals surface area contributed by atoms with Crippen molar-refractivity contribution in [3.63, 3.8) is 0 Å². The first-order chi connectivity index (χ1) is 12.4. The smallest absolute Gasteiger partial charge is 0.353 e. The number of nitrogens with one attached hydrogen (secondary N) is 1. The van der Waals surface area contributed by atoms with Crippen LogP contribution in [0.4, 0.5) is 0 Å². The quantitative estimate of drug-likeness (QED) is 0.565. The van der Waals surface area contributed by atoms with E-state index < -0.39 is 18.0 Å². The van der Waals surface area contributed by atoms with E-state index in [2.05, 4.69) is 10.2 Å². The summed E-state index contributed by atoms with van der Waals surface area (Å²) in [6.45, 7) is 8.86. The first kappa shape index (κ1) is 18.3. The first-order valence-electron chi connectivity index (χ1n) is 9.46. The van der Waals surface area contributed by atoms with Crippen molar-refractivity contribution in [1.29, 1.82) is 0 Å². The molecular formula is C18H27N3O4S. The third-order valence-electron chi connectivity index (χ3n) is 6.21. The first-order valence-corrected chi connectivity index (χ1v) is 10.3. The Labute approximate surface area is 157 Å². The molecule has 1 unspecified atom stereocenters. The molecule has 0 aliphatic carbocycles. The van der Waals surface area contributed by atoms with Crippen molar-refractivity contribution in [1.82, 2.24) is 15.1 Å². The van der Waals surface area contributed by atoms with Gasteiger partial charge in [-0.1, -0.05) is 6.92 Å². The molecule has 26 heavy (non-hydrogen) atoms. The van der Waals surface area contributed by atoms with Crippen LogP contribution in [-0.4, -0.2) is 82.0 Å². The van der Waals surface area contributed by atoms with E-state index in [4.69, 9.17) is 0 Å². The molecule has 0 radical (unpaired) electrons. The van der Waals surface area contributed by atoms with Crippen LogP contribution in [0.15, 0.2) is 10.6 Å². The summed E-state index contributed by atoms with van der Waals surface area (Å²) in [6, 6.07) is -0.211. The molecule has 4 aliphatic heterocycles. The Hall–Kier alpha value is -1.09. The van der Waals surface area contributed by atoms with E-state index in [9.17, 15) is 19.8 Å². The number of fused-ring (bicyclic) bond motifs is 1. The van der Waals surface area contributed by atoms with E-state index in [0.717, 1.165) is 43.5 Å². The number of thioether (sulfide) groups is 1. The van der Waals surface area contributed by atoms with Crippen LogP contribution in [0.3, 0.4) is 0 Å². The van der Waals surface area contributed by atoms with Crippen molar-refractivity contribution < 1.29 is 19.8 Å². The standard InChI is InChI=1S/C18H27N3O4S/c1-9-14-13(10(2)22)17(23)21(14)15(18(24)25)16(9)26-12-7-20(8-12)6-11-3-4-19-5-11/h9-14,19,22H,3-8H2,1-2H3,(H,24,25)/t9-,10?,11-,13-,14-/m1/s1. The van der Waals surface area contributed by atoms with Gasteiger partial charge < -0.3 is 25.3 Å². The molecule has 0 aromatic rings.